The average molecular weight is 391 g/mol. The average Bonchev–Trinajstić information content (AvgIpc) is 3.13. The Morgan fingerprint density at radius 2 is 2.00 bits per heavy atom. The lowest BCUT2D eigenvalue weighted by molar-refractivity contribution is 0.102. The minimum absolute atomic E-state index is 0.0709. The lowest BCUT2D eigenvalue weighted by Gasteiger charge is -2.32. The van der Waals surface area contributed by atoms with Crippen LogP contribution in [0.4, 0.5) is 14.9 Å². The van der Waals surface area contributed by atoms with E-state index in [1.165, 1.54) is 35.6 Å². The first kappa shape index (κ1) is 19.2. The predicted octanol–water partition coefficient (Wildman–Crippen LogP) is 3.23. The molecule has 0 aliphatic carbocycles. The summed E-state index contributed by atoms with van der Waals surface area (Å²) in [5, 5.41) is 14.7. The van der Waals surface area contributed by atoms with Crippen molar-refractivity contribution in [3.05, 3.63) is 40.1 Å². The second-order valence-electron chi connectivity index (χ2n) is 6.80. The molecule has 1 aliphatic rings. The Labute approximate surface area is 161 Å². The Balaban J connectivity index is 1.63. The number of nitrogens with one attached hydrogen (secondary N) is 2. The van der Waals surface area contributed by atoms with Gasteiger partial charge in [0, 0.05) is 30.7 Å². The predicted molar refractivity (Wildman–Crippen MR) is 101 cm³/mol. The van der Waals surface area contributed by atoms with Crippen molar-refractivity contribution in [2.24, 2.45) is 0 Å². The summed E-state index contributed by atoms with van der Waals surface area (Å²) in [6, 6.07) is 5.54. The molecule has 1 atom stereocenters. The fourth-order valence-corrected chi connectivity index (χ4v) is 3.77. The number of amides is 3. The van der Waals surface area contributed by atoms with Gasteiger partial charge in [0.05, 0.1) is 0 Å². The van der Waals surface area contributed by atoms with E-state index in [1.807, 2.05) is 13.8 Å². The minimum Gasteiger partial charge on any atom is -0.336 e. The van der Waals surface area contributed by atoms with Crippen molar-refractivity contribution in [2.45, 2.75) is 38.6 Å². The third-order valence-electron chi connectivity index (χ3n) is 4.21. The number of hydrogen-bond acceptors (Lipinski definition) is 5. The maximum atomic E-state index is 12.9. The second-order valence-corrected chi connectivity index (χ2v) is 7.80. The molecule has 0 bridgehead atoms. The molecule has 7 nitrogen and oxygen atoms in total. The fraction of sp³-hybridized carbons (Fsp3) is 0.444. The fourth-order valence-electron chi connectivity index (χ4n) is 2.91. The molecule has 2 N–H and O–H groups in total. The molecule has 0 unspecified atom stereocenters. The Bertz CT molecular complexity index is 808. The SMILES string of the molecule is CC(C)NC(=O)N1CCC[C@H](c2nnc(C(=O)Nc3ccc(F)cc3)s2)C1. The molecule has 3 rings (SSSR count). The van der Waals surface area contributed by atoms with Gasteiger partial charge in [-0.2, -0.15) is 0 Å². The van der Waals surface area contributed by atoms with E-state index >= 15 is 0 Å². The van der Waals surface area contributed by atoms with Gasteiger partial charge in [-0.3, -0.25) is 4.79 Å². The van der Waals surface area contributed by atoms with Gasteiger partial charge in [0.15, 0.2) is 0 Å². The van der Waals surface area contributed by atoms with E-state index in [0.717, 1.165) is 17.8 Å². The zero-order chi connectivity index (χ0) is 19.4. The highest BCUT2D eigenvalue weighted by molar-refractivity contribution is 7.13. The number of carbonyl (C=O) groups excluding carboxylic acids is 2. The van der Waals surface area contributed by atoms with E-state index in [2.05, 4.69) is 20.8 Å². The van der Waals surface area contributed by atoms with Crippen LogP contribution in [0.2, 0.25) is 0 Å². The van der Waals surface area contributed by atoms with Crippen LogP contribution in [-0.4, -0.2) is 46.2 Å². The Morgan fingerprint density at radius 3 is 2.70 bits per heavy atom. The molecule has 0 saturated carbocycles. The van der Waals surface area contributed by atoms with Crippen LogP contribution in [0.1, 0.15) is 47.4 Å². The highest BCUT2D eigenvalue weighted by Crippen LogP contribution is 2.29. The van der Waals surface area contributed by atoms with E-state index in [-0.39, 0.29) is 34.7 Å². The molecule has 2 heterocycles. The Hall–Kier alpha value is -2.55. The van der Waals surface area contributed by atoms with E-state index in [1.54, 1.807) is 4.90 Å². The van der Waals surface area contributed by atoms with Gasteiger partial charge in [0.2, 0.25) is 5.01 Å². The summed E-state index contributed by atoms with van der Waals surface area (Å²) in [5.74, 6) is -0.674. The van der Waals surface area contributed by atoms with E-state index in [4.69, 9.17) is 0 Å². The number of urea groups is 1. The van der Waals surface area contributed by atoms with Gasteiger partial charge in [-0.05, 0) is 51.0 Å². The zero-order valence-corrected chi connectivity index (χ0v) is 16.1. The third kappa shape index (κ3) is 5.00. The molecule has 1 saturated heterocycles. The lowest BCUT2D eigenvalue weighted by Crippen LogP contribution is -2.46. The topological polar surface area (TPSA) is 87.2 Å². The van der Waals surface area contributed by atoms with Crippen LogP contribution < -0.4 is 10.6 Å². The molecule has 0 radical (unpaired) electrons. The molecule has 1 aromatic heterocycles. The van der Waals surface area contributed by atoms with Crippen LogP contribution >= 0.6 is 11.3 Å². The minimum atomic E-state index is -0.379. The van der Waals surface area contributed by atoms with Crippen molar-refractivity contribution in [1.82, 2.24) is 20.4 Å². The Kier molecular flexibility index (Phi) is 6.00. The number of rotatable bonds is 4. The smallest absolute Gasteiger partial charge is 0.317 e. The summed E-state index contributed by atoms with van der Waals surface area (Å²) in [7, 11) is 0. The van der Waals surface area contributed by atoms with Crippen molar-refractivity contribution in [1.29, 1.82) is 0 Å². The second kappa shape index (κ2) is 8.43. The first-order valence-electron chi connectivity index (χ1n) is 8.88. The number of anilines is 1. The number of halogens is 1. The van der Waals surface area contributed by atoms with Gasteiger partial charge in [0.25, 0.3) is 5.91 Å². The van der Waals surface area contributed by atoms with Crippen LogP contribution in [0.15, 0.2) is 24.3 Å². The highest BCUT2D eigenvalue weighted by atomic mass is 32.1. The standard InChI is InChI=1S/C18H22FN5O2S/c1-11(2)20-18(26)24-9-3-4-12(10-24)16-22-23-17(27-16)15(25)21-14-7-5-13(19)6-8-14/h5-8,11-12H,3-4,9-10H2,1-2H3,(H,20,26)(H,21,25)/t12-/m0/s1. The lowest BCUT2D eigenvalue weighted by atomic mass is 9.99. The van der Waals surface area contributed by atoms with Gasteiger partial charge in [-0.25, -0.2) is 9.18 Å². The maximum absolute atomic E-state index is 12.9. The summed E-state index contributed by atoms with van der Waals surface area (Å²) >= 11 is 1.23. The van der Waals surface area contributed by atoms with Crippen LogP contribution in [-0.2, 0) is 0 Å². The molecule has 1 aliphatic heterocycles. The molecule has 1 fully saturated rings. The van der Waals surface area contributed by atoms with Gasteiger partial charge in [0.1, 0.15) is 10.8 Å². The number of hydrogen-bond donors (Lipinski definition) is 2. The highest BCUT2D eigenvalue weighted by Gasteiger charge is 2.28. The monoisotopic (exact) mass is 391 g/mol. The van der Waals surface area contributed by atoms with Gasteiger partial charge in [-0.1, -0.05) is 11.3 Å². The number of piperidine rings is 1. The normalized spacial score (nSPS) is 17.0. The number of likely N-dealkylation sites (tertiary alicyclic amines) is 1. The van der Waals surface area contributed by atoms with Gasteiger partial charge in [-0.15, -0.1) is 10.2 Å². The van der Waals surface area contributed by atoms with Crippen molar-refractivity contribution < 1.29 is 14.0 Å². The maximum Gasteiger partial charge on any atom is 0.317 e. The van der Waals surface area contributed by atoms with Crippen LogP contribution in [0.5, 0.6) is 0 Å². The van der Waals surface area contributed by atoms with Gasteiger partial charge >= 0.3 is 6.03 Å². The summed E-state index contributed by atoms with van der Waals surface area (Å²) in [6.07, 6.45) is 1.78. The summed E-state index contributed by atoms with van der Waals surface area (Å²) in [6.45, 7) is 5.13. The summed E-state index contributed by atoms with van der Waals surface area (Å²) in [4.78, 5) is 26.3. The first-order chi connectivity index (χ1) is 12.9. The summed E-state index contributed by atoms with van der Waals surface area (Å²) < 4.78 is 12.9. The van der Waals surface area contributed by atoms with Crippen molar-refractivity contribution in [3.8, 4) is 0 Å². The van der Waals surface area contributed by atoms with Gasteiger partial charge < -0.3 is 15.5 Å². The molecular weight excluding hydrogens is 369 g/mol. The van der Waals surface area contributed by atoms with E-state index in [9.17, 15) is 14.0 Å². The number of carbonyl (C=O) groups is 2. The van der Waals surface area contributed by atoms with Crippen LogP contribution in [0, 0.1) is 5.82 Å². The molecular formula is C18H22FN5O2S. The number of benzene rings is 1. The Morgan fingerprint density at radius 1 is 1.26 bits per heavy atom. The molecule has 27 heavy (non-hydrogen) atoms. The number of aromatic nitrogens is 2. The third-order valence-corrected chi connectivity index (χ3v) is 5.29. The molecule has 0 spiro atoms. The van der Waals surface area contributed by atoms with Crippen molar-refractivity contribution in [2.75, 3.05) is 18.4 Å². The summed E-state index contributed by atoms with van der Waals surface area (Å²) in [5.41, 5.74) is 0.493. The molecule has 9 heteroatoms. The van der Waals surface area contributed by atoms with Crippen LogP contribution in [0.25, 0.3) is 0 Å². The van der Waals surface area contributed by atoms with E-state index in [0.29, 0.717) is 18.8 Å². The van der Waals surface area contributed by atoms with Crippen molar-refractivity contribution in [3.63, 3.8) is 0 Å². The quantitative estimate of drug-likeness (QED) is 0.838. The molecule has 2 aromatic rings. The van der Waals surface area contributed by atoms with Crippen LogP contribution in [0.3, 0.4) is 0 Å². The molecule has 144 valence electrons. The van der Waals surface area contributed by atoms with E-state index < -0.39 is 0 Å². The molecule has 3 amide bonds. The first-order valence-corrected chi connectivity index (χ1v) is 9.70. The number of nitrogens with zero attached hydrogens (tertiary/aromatic N) is 3. The zero-order valence-electron chi connectivity index (χ0n) is 15.2. The molecule has 1 aromatic carbocycles. The van der Waals surface area contributed by atoms with Crippen molar-refractivity contribution >= 4 is 29.0 Å². The largest absolute Gasteiger partial charge is 0.336 e.